The Hall–Kier alpha value is -5.16. The van der Waals surface area contributed by atoms with Gasteiger partial charge in [-0.25, -0.2) is 4.98 Å². The van der Waals surface area contributed by atoms with Crippen LogP contribution in [0.3, 0.4) is 0 Å². The van der Waals surface area contributed by atoms with Crippen LogP contribution in [0.15, 0.2) is 85.5 Å². The van der Waals surface area contributed by atoms with Gasteiger partial charge in [-0.3, -0.25) is 14.4 Å². The lowest BCUT2D eigenvalue weighted by Crippen LogP contribution is -2.57. The number of nitrogens with one attached hydrogen (secondary N) is 1. The smallest absolute Gasteiger partial charge is 0.254 e. The molecule has 11 nitrogen and oxygen atoms in total. The number of carbonyl (C=O) groups is 3. The number of fused-ring (bicyclic) bond motifs is 5. The van der Waals surface area contributed by atoms with Crippen molar-refractivity contribution in [3.63, 3.8) is 0 Å². The minimum absolute atomic E-state index is 0.108. The van der Waals surface area contributed by atoms with Gasteiger partial charge in [0.2, 0.25) is 5.91 Å². The number of rotatable bonds is 5. The second-order valence-electron chi connectivity index (χ2n) is 11.4. The number of benzene rings is 3. The summed E-state index contributed by atoms with van der Waals surface area (Å²) in [5, 5.41) is 3.11. The number of hydrogen-bond acceptors (Lipinski definition) is 7. The van der Waals surface area contributed by atoms with Crippen molar-refractivity contribution < 1.29 is 28.6 Å². The van der Waals surface area contributed by atoms with Crippen molar-refractivity contribution in [1.29, 1.82) is 0 Å². The van der Waals surface area contributed by atoms with E-state index in [1.807, 2.05) is 54.1 Å². The van der Waals surface area contributed by atoms with Gasteiger partial charge >= 0.3 is 0 Å². The molecule has 4 aromatic rings. The third-order valence-electron chi connectivity index (χ3n) is 8.23. The SMILES string of the molecule is CCCN1CC(=O)N[C@H]2CCN(C(=O)c3ccc(-n4ccnc4)cc3)C[C@@H]2OCc2cccc(c2)Oc2cc(ccc2OC)C1=O. The molecule has 1 saturated heterocycles. The van der Waals surface area contributed by atoms with Gasteiger partial charge in [-0.15, -0.1) is 0 Å². The summed E-state index contributed by atoms with van der Waals surface area (Å²) in [6.07, 6.45) is 5.96. The number of ether oxygens (including phenoxy) is 3. The fraction of sp³-hybridized carbons (Fsp3) is 0.314. The summed E-state index contributed by atoms with van der Waals surface area (Å²) in [4.78, 5) is 48.0. The van der Waals surface area contributed by atoms with E-state index in [-0.39, 0.29) is 36.9 Å². The molecule has 0 spiro atoms. The van der Waals surface area contributed by atoms with Gasteiger partial charge in [0.25, 0.3) is 11.8 Å². The van der Waals surface area contributed by atoms with Gasteiger partial charge in [0.05, 0.1) is 38.7 Å². The van der Waals surface area contributed by atoms with Crippen molar-refractivity contribution in [2.24, 2.45) is 0 Å². The molecule has 3 amide bonds. The monoisotopic (exact) mass is 623 g/mol. The molecule has 3 heterocycles. The number of nitrogens with zero attached hydrogens (tertiary/aromatic N) is 4. The zero-order chi connectivity index (χ0) is 32.0. The predicted octanol–water partition coefficient (Wildman–Crippen LogP) is 4.46. The first kappa shape index (κ1) is 30.8. The highest BCUT2D eigenvalue weighted by atomic mass is 16.5. The molecule has 1 aromatic heterocycles. The molecule has 0 unspecified atom stereocenters. The molecule has 2 aliphatic heterocycles. The molecule has 2 atom stereocenters. The van der Waals surface area contributed by atoms with Gasteiger partial charge in [-0.05, 0) is 73.0 Å². The molecular weight excluding hydrogens is 586 g/mol. The standard InChI is InChI=1S/C35H37N5O6/c1-3-15-38-21-33(41)37-29-13-16-39(34(42)25-7-10-27(11-8-25)40-17-14-36-23-40)20-32(29)45-22-24-5-4-6-28(18-24)46-31-19-26(35(38)43)9-12-30(31)44-2/h4-12,14,17-19,23,29,32H,3,13,15-16,20-22H2,1-2H3,(H,37,41)/t29-,32-/m0/s1. The van der Waals surface area contributed by atoms with E-state index in [0.717, 1.165) is 11.3 Å². The number of amides is 3. The Morgan fingerprint density at radius 2 is 1.93 bits per heavy atom. The maximum Gasteiger partial charge on any atom is 0.254 e. The van der Waals surface area contributed by atoms with Gasteiger partial charge in [0, 0.05) is 48.8 Å². The summed E-state index contributed by atoms with van der Waals surface area (Å²) in [5.41, 5.74) is 2.72. The summed E-state index contributed by atoms with van der Waals surface area (Å²) in [7, 11) is 1.54. The number of imidazole rings is 1. The molecule has 1 N–H and O–H groups in total. The molecule has 6 rings (SSSR count). The number of hydrogen-bond donors (Lipinski definition) is 1. The van der Waals surface area contributed by atoms with Crippen LogP contribution < -0.4 is 14.8 Å². The lowest BCUT2D eigenvalue weighted by atomic mass is 10.00. The van der Waals surface area contributed by atoms with Crippen LogP contribution in [-0.4, -0.2) is 82.5 Å². The van der Waals surface area contributed by atoms with Crippen molar-refractivity contribution in [2.45, 2.75) is 38.5 Å². The van der Waals surface area contributed by atoms with Crippen LogP contribution in [0.2, 0.25) is 0 Å². The number of aromatic nitrogens is 2. The molecule has 238 valence electrons. The zero-order valence-electron chi connectivity index (χ0n) is 25.9. The molecule has 0 saturated carbocycles. The Morgan fingerprint density at radius 1 is 1.09 bits per heavy atom. The third-order valence-corrected chi connectivity index (χ3v) is 8.23. The van der Waals surface area contributed by atoms with E-state index in [2.05, 4.69) is 10.3 Å². The van der Waals surface area contributed by atoms with Gasteiger partial charge in [0.15, 0.2) is 11.5 Å². The first-order valence-corrected chi connectivity index (χ1v) is 15.4. The fourth-order valence-electron chi connectivity index (χ4n) is 5.85. The quantitative estimate of drug-likeness (QED) is 0.349. The van der Waals surface area contributed by atoms with Crippen molar-refractivity contribution >= 4 is 17.7 Å². The molecule has 0 aliphatic carbocycles. The summed E-state index contributed by atoms with van der Waals surface area (Å²) >= 11 is 0. The van der Waals surface area contributed by atoms with Crippen LogP contribution in [-0.2, 0) is 16.1 Å². The Labute approximate surface area is 267 Å². The number of piperidine rings is 1. The summed E-state index contributed by atoms with van der Waals surface area (Å²) in [6, 6.07) is 19.5. The van der Waals surface area contributed by atoms with E-state index in [4.69, 9.17) is 14.2 Å². The normalized spacial score (nSPS) is 18.7. The van der Waals surface area contributed by atoms with Gasteiger partial charge in [-0.1, -0.05) is 19.1 Å². The van der Waals surface area contributed by atoms with E-state index in [9.17, 15) is 14.4 Å². The van der Waals surface area contributed by atoms with Crippen molar-refractivity contribution in [3.8, 4) is 22.9 Å². The molecule has 46 heavy (non-hydrogen) atoms. The minimum Gasteiger partial charge on any atom is -0.493 e. The van der Waals surface area contributed by atoms with E-state index in [0.29, 0.717) is 60.9 Å². The van der Waals surface area contributed by atoms with Crippen LogP contribution in [0.1, 0.15) is 46.0 Å². The minimum atomic E-state index is -0.479. The van der Waals surface area contributed by atoms with Gasteiger partial charge in [-0.2, -0.15) is 0 Å². The van der Waals surface area contributed by atoms with Crippen LogP contribution in [0.5, 0.6) is 17.2 Å². The Morgan fingerprint density at radius 3 is 2.70 bits per heavy atom. The van der Waals surface area contributed by atoms with E-state index in [1.54, 1.807) is 54.9 Å². The second kappa shape index (κ2) is 13.9. The Bertz CT molecular complexity index is 1690. The summed E-state index contributed by atoms with van der Waals surface area (Å²) in [5.74, 6) is 0.755. The third kappa shape index (κ3) is 6.89. The summed E-state index contributed by atoms with van der Waals surface area (Å²) in [6.45, 7) is 3.24. The van der Waals surface area contributed by atoms with Crippen LogP contribution in [0.4, 0.5) is 0 Å². The number of carbonyl (C=O) groups excluding carboxylic acids is 3. The highest BCUT2D eigenvalue weighted by molar-refractivity contribution is 5.97. The highest BCUT2D eigenvalue weighted by Crippen LogP contribution is 2.33. The van der Waals surface area contributed by atoms with Crippen molar-refractivity contribution in [3.05, 3.63) is 102 Å². The molecular formula is C35H37N5O6. The van der Waals surface area contributed by atoms with Gasteiger partial charge in [0.1, 0.15) is 5.75 Å². The lowest BCUT2D eigenvalue weighted by Gasteiger charge is -2.39. The molecule has 11 heteroatoms. The molecule has 0 radical (unpaired) electrons. The maximum absolute atomic E-state index is 13.6. The first-order valence-electron chi connectivity index (χ1n) is 15.4. The molecule has 4 bridgehead atoms. The van der Waals surface area contributed by atoms with Gasteiger partial charge < -0.3 is 33.9 Å². The lowest BCUT2D eigenvalue weighted by molar-refractivity contribution is -0.124. The molecule has 3 aromatic carbocycles. The zero-order valence-corrected chi connectivity index (χ0v) is 25.9. The summed E-state index contributed by atoms with van der Waals surface area (Å²) < 4.78 is 20.0. The highest BCUT2D eigenvalue weighted by Gasteiger charge is 2.34. The Kier molecular flexibility index (Phi) is 9.30. The second-order valence-corrected chi connectivity index (χ2v) is 11.4. The predicted molar refractivity (Wildman–Crippen MR) is 170 cm³/mol. The number of methoxy groups -OCH3 is 1. The topological polar surface area (TPSA) is 115 Å². The average Bonchev–Trinajstić information content (AvgIpc) is 3.62. The largest absolute Gasteiger partial charge is 0.493 e. The fourth-order valence-corrected chi connectivity index (χ4v) is 5.85. The maximum atomic E-state index is 13.6. The van der Waals surface area contributed by atoms with E-state index in [1.165, 1.54) is 4.90 Å². The average molecular weight is 624 g/mol. The van der Waals surface area contributed by atoms with Crippen LogP contribution >= 0.6 is 0 Å². The number of likely N-dealkylation sites (tertiary alicyclic amines) is 1. The molecule has 1 fully saturated rings. The van der Waals surface area contributed by atoms with Crippen molar-refractivity contribution in [2.75, 3.05) is 33.3 Å². The van der Waals surface area contributed by atoms with Crippen LogP contribution in [0.25, 0.3) is 5.69 Å². The Balaban J connectivity index is 1.26. The van der Waals surface area contributed by atoms with E-state index < -0.39 is 6.10 Å². The first-order chi connectivity index (χ1) is 22.4. The van der Waals surface area contributed by atoms with E-state index >= 15 is 0 Å². The molecule has 2 aliphatic rings. The van der Waals surface area contributed by atoms with Crippen molar-refractivity contribution in [1.82, 2.24) is 24.7 Å². The van der Waals surface area contributed by atoms with Crippen LogP contribution in [0, 0.1) is 0 Å².